The van der Waals surface area contributed by atoms with E-state index in [4.69, 9.17) is 9.29 Å². The molecule has 0 radical (unpaired) electrons. The van der Waals surface area contributed by atoms with E-state index in [2.05, 4.69) is 19.1 Å². The van der Waals surface area contributed by atoms with Crippen molar-refractivity contribution in [3.8, 4) is 5.75 Å². The number of ether oxygens (including phenoxy) is 1. The first kappa shape index (κ1) is 13.9. The van der Waals surface area contributed by atoms with Gasteiger partial charge < -0.3 is 9.29 Å². The molecule has 0 bridgehead atoms. The summed E-state index contributed by atoms with van der Waals surface area (Å²) in [6, 6.07) is 6.62. The molecule has 4 heteroatoms. The molecule has 3 nitrogen and oxygen atoms in total. The van der Waals surface area contributed by atoms with Crippen LogP contribution in [0.5, 0.6) is 5.75 Å². The number of hydrogen-bond acceptors (Lipinski definition) is 2. The maximum absolute atomic E-state index is 10.8. The van der Waals surface area contributed by atoms with E-state index in [1.165, 1.54) is 0 Å². The Hall–Kier alpha value is -1.13. The summed E-state index contributed by atoms with van der Waals surface area (Å²) in [5.41, 5.74) is 0. The molecule has 1 aromatic carbocycles. The first-order valence-electron chi connectivity index (χ1n) is 5.66. The van der Waals surface area contributed by atoms with Crippen molar-refractivity contribution in [2.75, 3.05) is 0 Å². The average molecular weight is 254 g/mol. The van der Waals surface area contributed by atoms with Gasteiger partial charge in [-0.2, -0.15) is 0 Å². The molecule has 0 aliphatic heterocycles. The molecule has 0 saturated heterocycles. The quantitative estimate of drug-likeness (QED) is 0.625. The average Bonchev–Trinajstić information content (AvgIpc) is 2.30. The molecule has 0 aromatic heterocycles. The molecule has 1 aromatic rings. The van der Waals surface area contributed by atoms with E-state index < -0.39 is 11.1 Å². The number of benzene rings is 1. The Morgan fingerprint density at radius 3 is 2.53 bits per heavy atom. The summed E-state index contributed by atoms with van der Waals surface area (Å²) < 4.78 is 25.3. The van der Waals surface area contributed by atoms with Crippen LogP contribution in [0.25, 0.3) is 0 Å². The largest absolute Gasteiger partial charge is 0.490 e. The maximum atomic E-state index is 10.8. The van der Waals surface area contributed by atoms with Crippen LogP contribution in [0.4, 0.5) is 0 Å². The van der Waals surface area contributed by atoms with Crippen molar-refractivity contribution in [3.63, 3.8) is 0 Å². The molecule has 0 amide bonds. The minimum atomic E-state index is -1.92. The summed E-state index contributed by atoms with van der Waals surface area (Å²) in [5.74, 6) is 0.719. The molecule has 0 aliphatic carbocycles. The number of hydrogen-bond donors (Lipinski definition) is 1. The first-order valence-corrected chi connectivity index (χ1v) is 6.76. The van der Waals surface area contributed by atoms with Gasteiger partial charge in [-0.25, -0.2) is 4.21 Å². The van der Waals surface area contributed by atoms with E-state index in [0.29, 0.717) is 4.90 Å². The van der Waals surface area contributed by atoms with Crippen LogP contribution in [-0.2, 0) is 11.1 Å². The van der Waals surface area contributed by atoms with Crippen molar-refractivity contribution in [2.24, 2.45) is 0 Å². The summed E-state index contributed by atoms with van der Waals surface area (Å²) in [5, 5.41) is 0. The van der Waals surface area contributed by atoms with Crippen molar-refractivity contribution >= 4 is 11.1 Å². The SMILES string of the molecule is CC/C=C\CC(C)Oc1ccc(S(=O)O)cc1. The van der Waals surface area contributed by atoms with Crippen LogP contribution in [0.1, 0.15) is 26.7 Å². The van der Waals surface area contributed by atoms with Crippen molar-refractivity contribution in [3.05, 3.63) is 36.4 Å². The molecular formula is C13H18O3S. The van der Waals surface area contributed by atoms with E-state index in [1.54, 1.807) is 24.3 Å². The summed E-state index contributed by atoms with van der Waals surface area (Å²) in [7, 11) is 0. The lowest BCUT2D eigenvalue weighted by Crippen LogP contribution is -2.10. The van der Waals surface area contributed by atoms with E-state index in [0.717, 1.165) is 18.6 Å². The Morgan fingerprint density at radius 1 is 1.35 bits per heavy atom. The van der Waals surface area contributed by atoms with E-state index >= 15 is 0 Å². The lowest BCUT2D eigenvalue weighted by atomic mass is 10.2. The molecule has 1 rings (SSSR count). The van der Waals surface area contributed by atoms with Crippen LogP contribution >= 0.6 is 0 Å². The highest BCUT2D eigenvalue weighted by Gasteiger charge is 2.03. The second kappa shape index (κ2) is 7.25. The van der Waals surface area contributed by atoms with Crippen LogP contribution in [0, 0.1) is 0 Å². The van der Waals surface area contributed by atoms with Gasteiger partial charge in [0.15, 0.2) is 11.1 Å². The highest BCUT2D eigenvalue weighted by molar-refractivity contribution is 7.79. The van der Waals surface area contributed by atoms with Crippen molar-refractivity contribution in [2.45, 2.75) is 37.7 Å². The molecule has 1 N–H and O–H groups in total. The van der Waals surface area contributed by atoms with Crippen molar-refractivity contribution in [1.82, 2.24) is 0 Å². The Kier molecular flexibility index (Phi) is 5.94. The molecule has 0 fully saturated rings. The van der Waals surface area contributed by atoms with Crippen LogP contribution in [0.3, 0.4) is 0 Å². The smallest absolute Gasteiger partial charge is 0.186 e. The van der Waals surface area contributed by atoms with Crippen molar-refractivity contribution < 1.29 is 13.5 Å². The molecule has 0 aliphatic rings. The number of rotatable bonds is 6. The highest BCUT2D eigenvalue weighted by Crippen LogP contribution is 2.16. The third kappa shape index (κ3) is 5.15. The fourth-order valence-corrected chi connectivity index (χ4v) is 1.74. The van der Waals surface area contributed by atoms with Gasteiger partial charge in [0.1, 0.15) is 5.75 Å². The summed E-state index contributed by atoms with van der Waals surface area (Å²) >= 11 is -1.92. The van der Waals surface area contributed by atoms with Gasteiger partial charge in [-0.1, -0.05) is 19.1 Å². The molecule has 0 saturated carbocycles. The normalized spacial score (nSPS) is 14.8. The molecule has 2 unspecified atom stereocenters. The van der Waals surface area contributed by atoms with E-state index in [-0.39, 0.29) is 6.10 Å². The zero-order valence-corrected chi connectivity index (χ0v) is 10.9. The molecule has 0 heterocycles. The van der Waals surface area contributed by atoms with Crippen LogP contribution in [0.15, 0.2) is 41.3 Å². The van der Waals surface area contributed by atoms with Crippen LogP contribution in [0.2, 0.25) is 0 Å². The Morgan fingerprint density at radius 2 is 2.00 bits per heavy atom. The summed E-state index contributed by atoms with van der Waals surface area (Å²) in [4.78, 5) is 0.385. The monoisotopic (exact) mass is 254 g/mol. The lowest BCUT2D eigenvalue weighted by molar-refractivity contribution is 0.225. The predicted octanol–water partition coefficient (Wildman–Crippen LogP) is 3.39. The molecule has 0 spiro atoms. The van der Waals surface area contributed by atoms with Gasteiger partial charge in [-0.3, -0.25) is 0 Å². The Labute approximate surface area is 105 Å². The standard InChI is InChI=1S/C13H18O3S/c1-3-4-5-6-11(2)16-12-7-9-13(10-8-12)17(14)15/h4-5,7-11H,3,6H2,1-2H3,(H,14,15)/b5-4-. The number of allylic oxidation sites excluding steroid dienone is 1. The van der Waals surface area contributed by atoms with E-state index in [9.17, 15) is 4.21 Å². The first-order chi connectivity index (χ1) is 8.13. The van der Waals surface area contributed by atoms with Gasteiger partial charge in [0, 0.05) is 6.42 Å². The van der Waals surface area contributed by atoms with Gasteiger partial charge >= 0.3 is 0 Å². The zero-order chi connectivity index (χ0) is 12.7. The summed E-state index contributed by atoms with van der Waals surface area (Å²) in [6.07, 6.45) is 6.20. The third-order valence-electron chi connectivity index (χ3n) is 2.23. The Balaban J connectivity index is 2.51. The molecular weight excluding hydrogens is 236 g/mol. The van der Waals surface area contributed by atoms with Crippen LogP contribution in [-0.4, -0.2) is 14.9 Å². The summed E-state index contributed by atoms with van der Waals surface area (Å²) in [6.45, 7) is 4.09. The topological polar surface area (TPSA) is 46.5 Å². The van der Waals surface area contributed by atoms with Crippen molar-refractivity contribution in [1.29, 1.82) is 0 Å². The second-order valence-electron chi connectivity index (χ2n) is 3.76. The fraction of sp³-hybridized carbons (Fsp3) is 0.385. The van der Waals surface area contributed by atoms with Gasteiger partial charge in [-0.15, -0.1) is 0 Å². The Bertz CT molecular complexity index is 384. The van der Waals surface area contributed by atoms with Gasteiger partial charge in [0.05, 0.1) is 11.0 Å². The maximum Gasteiger partial charge on any atom is 0.186 e. The predicted molar refractivity (Wildman–Crippen MR) is 69.6 cm³/mol. The van der Waals surface area contributed by atoms with Crippen LogP contribution < -0.4 is 4.74 Å². The van der Waals surface area contributed by atoms with Gasteiger partial charge in [0.25, 0.3) is 0 Å². The fourth-order valence-electron chi connectivity index (χ4n) is 1.37. The minimum absolute atomic E-state index is 0.100. The molecule has 17 heavy (non-hydrogen) atoms. The van der Waals surface area contributed by atoms with E-state index in [1.807, 2.05) is 6.92 Å². The van der Waals surface area contributed by atoms with Gasteiger partial charge in [-0.05, 0) is 37.6 Å². The van der Waals surface area contributed by atoms with Gasteiger partial charge in [0.2, 0.25) is 0 Å². The molecule has 2 atom stereocenters. The third-order valence-corrected chi connectivity index (χ3v) is 2.91. The second-order valence-corrected chi connectivity index (χ2v) is 4.73. The lowest BCUT2D eigenvalue weighted by Gasteiger charge is -2.12. The minimum Gasteiger partial charge on any atom is -0.490 e. The zero-order valence-electron chi connectivity index (χ0n) is 10.1. The molecule has 94 valence electrons. The highest BCUT2D eigenvalue weighted by atomic mass is 32.2.